The van der Waals surface area contributed by atoms with Gasteiger partial charge in [0.25, 0.3) is 0 Å². The summed E-state index contributed by atoms with van der Waals surface area (Å²) < 4.78 is 0. The highest BCUT2D eigenvalue weighted by Gasteiger charge is 2.35. The molecule has 0 radical (unpaired) electrons. The lowest BCUT2D eigenvalue weighted by molar-refractivity contribution is -0.136. The molecule has 2 aliphatic heterocycles. The van der Waals surface area contributed by atoms with Crippen LogP contribution in [-0.2, 0) is 22.4 Å². The molecule has 4 rings (SSSR count). The quantitative estimate of drug-likeness (QED) is 0.618. The third-order valence-electron chi connectivity index (χ3n) is 6.94. The van der Waals surface area contributed by atoms with Crippen LogP contribution in [0.4, 0.5) is 5.82 Å². The Balaban J connectivity index is 1.58. The fraction of sp³-hybridized carbons (Fsp3) is 0.538. The van der Waals surface area contributed by atoms with E-state index in [4.69, 9.17) is 9.97 Å². The Morgan fingerprint density at radius 2 is 1.88 bits per heavy atom. The monoisotopic (exact) mass is 449 g/mol. The fourth-order valence-corrected chi connectivity index (χ4v) is 4.89. The SMILES string of the molecule is CCN(CC)CC(=O)N1CCCCC1c1nc(C)c2c(n1)N(CCc1ccccc1)C(=O)C2. The van der Waals surface area contributed by atoms with E-state index in [1.165, 1.54) is 5.56 Å². The Kier molecular flexibility index (Phi) is 7.38. The van der Waals surface area contributed by atoms with Crippen LogP contribution < -0.4 is 4.90 Å². The number of fused-ring (bicyclic) bond motifs is 1. The number of benzene rings is 1. The number of likely N-dealkylation sites (tertiary alicyclic amines) is 1. The Labute approximate surface area is 196 Å². The first-order chi connectivity index (χ1) is 16.0. The third-order valence-corrected chi connectivity index (χ3v) is 6.94. The predicted molar refractivity (Wildman–Crippen MR) is 129 cm³/mol. The maximum atomic E-state index is 13.2. The van der Waals surface area contributed by atoms with Crippen LogP contribution in [0.5, 0.6) is 0 Å². The molecule has 0 spiro atoms. The Morgan fingerprint density at radius 1 is 1.12 bits per heavy atom. The Bertz CT molecular complexity index is 990. The zero-order chi connectivity index (χ0) is 23.4. The van der Waals surface area contributed by atoms with E-state index >= 15 is 0 Å². The standard InChI is InChI=1S/C26H35N5O2/c1-4-29(5-2)18-24(33)30-15-10-9-13-22(30)25-27-19(3)21-17-23(32)31(26(21)28-25)16-14-20-11-7-6-8-12-20/h6-8,11-12,22H,4-5,9-10,13-18H2,1-3H3. The van der Waals surface area contributed by atoms with Crippen LogP contribution in [0.25, 0.3) is 0 Å². The number of amides is 2. The van der Waals surface area contributed by atoms with Gasteiger partial charge in [-0.25, -0.2) is 9.97 Å². The molecule has 3 heterocycles. The molecule has 33 heavy (non-hydrogen) atoms. The summed E-state index contributed by atoms with van der Waals surface area (Å²) in [4.78, 5) is 41.7. The largest absolute Gasteiger partial charge is 0.331 e. The molecule has 1 aromatic carbocycles. The molecule has 0 bridgehead atoms. The van der Waals surface area contributed by atoms with Crippen molar-refractivity contribution in [3.8, 4) is 0 Å². The molecule has 1 saturated heterocycles. The smallest absolute Gasteiger partial charge is 0.237 e. The molecule has 2 aliphatic rings. The lowest BCUT2D eigenvalue weighted by Crippen LogP contribution is -2.45. The lowest BCUT2D eigenvalue weighted by atomic mass is 10.0. The molecule has 1 atom stereocenters. The molecule has 1 fully saturated rings. The van der Waals surface area contributed by atoms with Gasteiger partial charge < -0.3 is 4.90 Å². The maximum Gasteiger partial charge on any atom is 0.237 e. The number of aromatic nitrogens is 2. The molecule has 176 valence electrons. The Morgan fingerprint density at radius 3 is 2.61 bits per heavy atom. The van der Waals surface area contributed by atoms with Gasteiger partial charge in [-0.2, -0.15) is 0 Å². The van der Waals surface area contributed by atoms with Crippen LogP contribution >= 0.6 is 0 Å². The maximum absolute atomic E-state index is 13.2. The highest BCUT2D eigenvalue weighted by Crippen LogP contribution is 2.34. The zero-order valence-corrected chi connectivity index (χ0v) is 20.1. The summed E-state index contributed by atoms with van der Waals surface area (Å²) in [6.45, 7) is 9.60. The van der Waals surface area contributed by atoms with E-state index in [0.29, 0.717) is 25.3 Å². The van der Waals surface area contributed by atoms with Gasteiger partial charge in [-0.3, -0.25) is 19.4 Å². The predicted octanol–water partition coefficient (Wildman–Crippen LogP) is 3.31. The third kappa shape index (κ3) is 5.08. The number of hydrogen-bond acceptors (Lipinski definition) is 5. The topological polar surface area (TPSA) is 69.6 Å². The van der Waals surface area contributed by atoms with E-state index in [0.717, 1.165) is 62.4 Å². The zero-order valence-electron chi connectivity index (χ0n) is 20.1. The van der Waals surface area contributed by atoms with Gasteiger partial charge in [0.15, 0.2) is 5.82 Å². The number of aryl methyl sites for hydroxylation is 1. The number of carbonyl (C=O) groups is 2. The first-order valence-corrected chi connectivity index (χ1v) is 12.2. The average molecular weight is 450 g/mol. The number of nitrogens with zero attached hydrogens (tertiary/aromatic N) is 5. The van der Waals surface area contributed by atoms with Crippen LogP contribution in [0, 0.1) is 6.92 Å². The molecule has 2 aromatic rings. The molecule has 7 heteroatoms. The summed E-state index contributed by atoms with van der Waals surface area (Å²) in [5.41, 5.74) is 2.98. The molecule has 7 nitrogen and oxygen atoms in total. The summed E-state index contributed by atoms with van der Waals surface area (Å²) in [6, 6.07) is 10.1. The second-order valence-electron chi connectivity index (χ2n) is 8.99. The minimum absolute atomic E-state index is 0.0774. The first kappa shape index (κ1) is 23.4. The molecule has 0 saturated carbocycles. The van der Waals surface area contributed by atoms with Crippen LogP contribution in [0.15, 0.2) is 30.3 Å². The van der Waals surface area contributed by atoms with E-state index in [1.807, 2.05) is 34.9 Å². The highest BCUT2D eigenvalue weighted by atomic mass is 16.2. The van der Waals surface area contributed by atoms with Crippen LogP contribution in [-0.4, -0.2) is 64.3 Å². The molecular formula is C26H35N5O2. The molecule has 0 N–H and O–H groups in total. The van der Waals surface area contributed by atoms with E-state index < -0.39 is 0 Å². The van der Waals surface area contributed by atoms with E-state index in [9.17, 15) is 9.59 Å². The minimum atomic E-state index is -0.127. The molecule has 1 aromatic heterocycles. The number of hydrogen-bond donors (Lipinski definition) is 0. The summed E-state index contributed by atoms with van der Waals surface area (Å²) >= 11 is 0. The number of rotatable bonds is 8. The highest BCUT2D eigenvalue weighted by molar-refractivity contribution is 6.00. The van der Waals surface area contributed by atoms with Gasteiger partial charge in [-0.1, -0.05) is 44.2 Å². The Hall–Kier alpha value is -2.80. The summed E-state index contributed by atoms with van der Waals surface area (Å²) in [5.74, 6) is 1.63. The van der Waals surface area contributed by atoms with Crippen LogP contribution in [0.2, 0.25) is 0 Å². The van der Waals surface area contributed by atoms with Crippen molar-refractivity contribution in [2.45, 2.75) is 58.9 Å². The van der Waals surface area contributed by atoms with Gasteiger partial charge in [0.05, 0.1) is 19.0 Å². The van der Waals surface area contributed by atoms with Crippen molar-refractivity contribution in [3.05, 3.63) is 53.0 Å². The van der Waals surface area contributed by atoms with Crippen molar-refractivity contribution in [3.63, 3.8) is 0 Å². The molecule has 1 unspecified atom stereocenters. The fourth-order valence-electron chi connectivity index (χ4n) is 4.89. The summed E-state index contributed by atoms with van der Waals surface area (Å²) in [5, 5.41) is 0. The molecule has 0 aliphatic carbocycles. The summed E-state index contributed by atoms with van der Waals surface area (Å²) in [6.07, 6.45) is 4.05. The second kappa shape index (κ2) is 10.4. The first-order valence-electron chi connectivity index (χ1n) is 12.2. The second-order valence-corrected chi connectivity index (χ2v) is 8.99. The van der Waals surface area contributed by atoms with Crippen LogP contribution in [0.3, 0.4) is 0 Å². The molecule has 2 amide bonds. The van der Waals surface area contributed by atoms with Gasteiger partial charge in [-0.05, 0) is 51.3 Å². The van der Waals surface area contributed by atoms with E-state index in [2.05, 4.69) is 30.9 Å². The number of anilines is 1. The number of carbonyl (C=O) groups excluding carboxylic acids is 2. The van der Waals surface area contributed by atoms with Crippen LogP contribution in [0.1, 0.15) is 61.8 Å². The van der Waals surface area contributed by atoms with Gasteiger partial charge in [0.1, 0.15) is 5.82 Å². The van der Waals surface area contributed by atoms with Crippen molar-refractivity contribution in [1.29, 1.82) is 0 Å². The normalized spacial score (nSPS) is 18.2. The van der Waals surface area contributed by atoms with E-state index in [1.54, 1.807) is 0 Å². The van der Waals surface area contributed by atoms with E-state index in [-0.39, 0.29) is 17.9 Å². The minimum Gasteiger partial charge on any atom is -0.331 e. The molecular weight excluding hydrogens is 414 g/mol. The summed E-state index contributed by atoms with van der Waals surface area (Å²) in [7, 11) is 0. The van der Waals surface area contributed by atoms with Crippen molar-refractivity contribution >= 4 is 17.6 Å². The average Bonchev–Trinajstić information content (AvgIpc) is 3.17. The van der Waals surface area contributed by atoms with Crippen molar-refractivity contribution in [2.75, 3.05) is 37.6 Å². The van der Waals surface area contributed by atoms with Crippen molar-refractivity contribution < 1.29 is 9.59 Å². The van der Waals surface area contributed by atoms with Crippen molar-refractivity contribution in [1.82, 2.24) is 19.8 Å². The number of likely N-dealkylation sites (N-methyl/N-ethyl adjacent to an activating group) is 1. The lowest BCUT2D eigenvalue weighted by Gasteiger charge is -2.36. The van der Waals surface area contributed by atoms with Gasteiger partial charge in [0, 0.05) is 24.3 Å². The van der Waals surface area contributed by atoms with Gasteiger partial charge in [-0.15, -0.1) is 0 Å². The van der Waals surface area contributed by atoms with Crippen molar-refractivity contribution in [2.24, 2.45) is 0 Å². The van der Waals surface area contributed by atoms with Gasteiger partial charge >= 0.3 is 0 Å². The van der Waals surface area contributed by atoms with Gasteiger partial charge in [0.2, 0.25) is 11.8 Å². The number of piperidine rings is 1.